The highest BCUT2D eigenvalue weighted by Crippen LogP contribution is 2.40. The van der Waals surface area contributed by atoms with Crippen LogP contribution in [0.1, 0.15) is 12.5 Å². The quantitative estimate of drug-likeness (QED) is 0.808. The second kappa shape index (κ2) is 4.96. The molecular weight excluding hydrogens is 234 g/mol. The first-order valence-electron chi connectivity index (χ1n) is 6.86. The Morgan fingerprint density at radius 3 is 2.63 bits per heavy atom. The zero-order valence-electron chi connectivity index (χ0n) is 11.5. The van der Waals surface area contributed by atoms with E-state index in [1.54, 1.807) is 0 Å². The first-order valence-corrected chi connectivity index (χ1v) is 6.86. The molecule has 0 radical (unpaired) electrons. The van der Waals surface area contributed by atoms with E-state index in [0.717, 1.165) is 25.3 Å². The van der Waals surface area contributed by atoms with Gasteiger partial charge in [0, 0.05) is 7.05 Å². The molecule has 98 valence electrons. The van der Waals surface area contributed by atoms with Crippen LogP contribution in [0.3, 0.4) is 0 Å². The lowest BCUT2D eigenvalue weighted by Gasteiger charge is -2.31. The van der Waals surface area contributed by atoms with Crippen LogP contribution in [0.2, 0.25) is 0 Å². The van der Waals surface area contributed by atoms with E-state index >= 15 is 0 Å². The van der Waals surface area contributed by atoms with E-state index in [9.17, 15) is 0 Å². The summed E-state index contributed by atoms with van der Waals surface area (Å²) < 4.78 is 5.79. The van der Waals surface area contributed by atoms with Gasteiger partial charge in [-0.1, -0.05) is 43.3 Å². The van der Waals surface area contributed by atoms with Crippen LogP contribution in [-0.2, 0) is 6.42 Å². The van der Waals surface area contributed by atoms with Gasteiger partial charge >= 0.3 is 0 Å². The molecule has 2 heteroatoms. The van der Waals surface area contributed by atoms with Gasteiger partial charge in [-0.15, -0.1) is 0 Å². The molecule has 2 aromatic carbocycles. The maximum absolute atomic E-state index is 5.79. The van der Waals surface area contributed by atoms with Gasteiger partial charge in [0.2, 0.25) is 0 Å². The highest BCUT2D eigenvalue weighted by molar-refractivity contribution is 5.79. The molecule has 1 aliphatic heterocycles. The third-order valence-electron chi connectivity index (χ3n) is 3.75. The molecule has 0 unspecified atom stereocenters. The van der Waals surface area contributed by atoms with Crippen molar-refractivity contribution < 1.29 is 4.74 Å². The fourth-order valence-electron chi connectivity index (χ4n) is 2.80. The first-order chi connectivity index (χ1) is 9.31. The van der Waals surface area contributed by atoms with Crippen molar-refractivity contribution in [2.24, 2.45) is 0 Å². The average Bonchev–Trinajstić information content (AvgIpc) is 2.47. The highest BCUT2D eigenvalue weighted by atomic mass is 16.5. The predicted octanol–water partition coefficient (Wildman–Crippen LogP) is 3.74. The summed E-state index contributed by atoms with van der Waals surface area (Å²) in [6, 6.07) is 14.9. The molecule has 0 fully saturated rings. The lowest BCUT2D eigenvalue weighted by molar-refractivity contribution is 0.311. The van der Waals surface area contributed by atoms with Gasteiger partial charge in [0.15, 0.2) is 0 Å². The number of fused-ring (bicyclic) bond motifs is 1. The number of nitrogens with zero attached hydrogens (tertiary/aromatic N) is 1. The van der Waals surface area contributed by atoms with Crippen molar-refractivity contribution in [2.45, 2.75) is 13.3 Å². The van der Waals surface area contributed by atoms with E-state index in [-0.39, 0.29) is 0 Å². The van der Waals surface area contributed by atoms with E-state index in [4.69, 9.17) is 4.74 Å². The Bertz CT molecular complexity index is 577. The van der Waals surface area contributed by atoms with Crippen molar-refractivity contribution >= 4 is 5.69 Å². The summed E-state index contributed by atoms with van der Waals surface area (Å²) in [5.74, 6) is 1.02. The van der Waals surface area contributed by atoms with E-state index in [1.165, 1.54) is 22.4 Å². The van der Waals surface area contributed by atoms with Gasteiger partial charge in [-0.05, 0) is 29.2 Å². The Hall–Kier alpha value is -1.96. The molecule has 2 nitrogen and oxygen atoms in total. The first kappa shape index (κ1) is 12.1. The van der Waals surface area contributed by atoms with Gasteiger partial charge in [0.25, 0.3) is 0 Å². The van der Waals surface area contributed by atoms with Crippen LogP contribution in [-0.4, -0.2) is 20.2 Å². The molecule has 0 N–H and O–H groups in total. The van der Waals surface area contributed by atoms with Gasteiger partial charge in [0.05, 0.1) is 12.2 Å². The number of hydrogen-bond donors (Lipinski definition) is 0. The summed E-state index contributed by atoms with van der Waals surface area (Å²) in [5.41, 5.74) is 5.24. The second-order valence-electron chi connectivity index (χ2n) is 4.93. The van der Waals surface area contributed by atoms with Gasteiger partial charge < -0.3 is 9.64 Å². The molecule has 2 aromatic rings. The summed E-state index contributed by atoms with van der Waals surface area (Å²) in [5, 5.41) is 0. The van der Waals surface area contributed by atoms with Crippen LogP contribution in [0.15, 0.2) is 42.5 Å². The minimum Gasteiger partial charge on any atom is -0.490 e. The minimum absolute atomic E-state index is 0.775. The van der Waals surface area contributed by atoms with Crippen LogP contribution in [0.4, 0.5) is 5.69 Å². The fourth-order valence-corrected chi connectivity index (χ4v) is 2.80. The standard InChI is InChI=1S/C17H19NO/c1-3-14-15(13-7-5-4-6-8-13)9-10-16-17(14)18(2)11-12-19-16/h4-10H,3,11-12H2,1-2H3. The average molecular weight is 253 g/mol. The van der Waals surface area contributed by atoms with Crippen LogP contribution in [0.25, 0.3) is 11.1 Å². The van der Waals surface area contributed by atoms with E-state index in [1.807, 2.05) is 0 Å². The summed E-state index contributed by atoms with van der Waals surface area (Å²) in [6.45, 7) is 3.94. The largest absolute Gasteiger partial charge is 0.490 e. The molecule has 1 aliphatic rings. The van der Waals surface area contributed by atoms with Gasteiger partial charge in [-0.2, -0.15) is 0 Å². The van der Waals surface area contributed by atoms with Gasteiger partial charge in [-0.3, -0.25) is 0 Å². The molecule has 19 heavy (non-hydrogen) atoms. The molecule has 0 spiro atoms. The lowest BCUT2D eigenvalue weighted by Crippen LogP contribution is -2.30. The smallest absolute Gasteiger partial charge is 0.143 e. The van der Waals surface area contributed by atoms with Crippen molar-refractivity contribution in [1.29, 1.82) is 0 Å². The van der Waals surface area contributed by atoms with E-state index < -0.39 is 0 Å². The topological polar surface area (TPSA) is 12.5 Å². The maximum Gasteiger partial charge on any atom is 0.143 e. The number of rotatable bonds is 2. The molecule has 0 amide bonds. The van der Waals surface area contributed by atoms with Crippen molar-refractivity contribution in [2.75, 3.05) is 25.1 Å². The summed E-state index contributed by atoms with van der Waals surface area (Å²) in [4.78, 5) is 2.31. The van der Waals surface area contributed by atoms with Crippen LogP contribution >= 0.6 is 0 Å². The Kier molecular flexibility index (Phi) is 3.16. The summed E-state index contributed by atoms with van der Waals surface area (Å²) in [7, 11) is 2.15. The molecule has 0 atom stereocenters. The Labute approximate surface area is 114 Å². The lowest BCUT2D eigenvalue weighted by atomic mass is 9.95. The Morgan fingerprint density at radius 1 is 1.11 bits per heavy atom. The van der Waals surface area contributed by atoms with Crippen LogP contribution in [0.5, 0.6) is 5.75 Å². The van der Waals surface area contributed by atoms with E-state index in [2.05, 4.69) is 61.3 Å². The molecule has 1 heterocycles. The van der Waals surface area contributed by atoms with Crippen LogP contribution < -0.4 is 9.64 Å². The normalized spacial score (nSPS) is 13.9. The molecule has 0 aromatic heterocycles. The number of benzene rings is 2. The highest BCUT2D eigenvalue weighted by Gasteiger charge is 2.20. The molecule has 0 bridgehead atoms. The predicted molar refractivity (Wildman–Crippen MR) is 80.0 cm³/mol. The van der Waals surface area contributed by atoms with Crippen LogP contribution in [0, 0.1) is 0 Å². The molecule has 0 saturated heterocycles. The fraction of sp³-hybridized carbons (Fsp3) is 0.294. The van der Waals surface area contributed by atoms with Gasteiger partial charge in [0.1, 0.15) is 12.4 Å². The van der Waals surface area contributed by atoms with Crippen molar-refractivity contribution in [3.63, 3.8) is 0 Å². The molecule has 3 rings (SSSR count). The minimum atomic E-state index is 0.775. The third kappa shape index (κ3) is 2.07. The number of anilines is 1. The maximum atomic E-state index is 5.79. The molecular formula is C17H19NO. The number of ether oxygens (including phenoxy) is 1. The Balaban J connectivity index is 2.19. The summed E-state index contributed by atoms with van der Waals surface area (Å²) >= 11 is 0. The zero-order chi connectivity index (χ0) is 13.2. The summed E-state index contributed by atoms with van der Waals surface area (Å²) in [6.07, 6.45) is 1.01. The Morgan fingerprint density at radius 2 is 1.89 bits per heavy atom. The van der Waals surface area contributed by atoms with Crippen molar-refractivity contribution in [3.05, 3.63) is 48.0 Å². The van der Waals surface area contributed by atoms with Gasteiger partial charge in [-0.25, -0.2) is 0 Å². The second-order valence-corrected chi connectivity index (χ2v) is 4.93. The van der Waals surface area contributed by atoms with Crippen molar-refractivity contribution in [3.8, 4) is 16.9 Å². The zero-order valence-corrected chi connectivity index (χ0v) is 11.5. The third-order valence-corrected chi connectivity index (χ3v) is 3.75. The van der Waals surface area contributed by atoms with E-state index in [0.29, 0.717) is 0 Å². The number of hydrogen-bond acceptors (Lipinski definition) is 2. The molecule has 0 saturated carbocycles. The molecule has 0 aliphatic carbocycles. The number of likely N-dealkylation sites (N-methyl/N-ethyl adjacent to an activating group) is 1. The van der Waals surface area contributed by atoms with Crippen molar-refractivity contribution in [1.82, 2.24) is 0 Å². The SMILES string of the molecule is CCc1c(-c2ccccc2)ccc2c1N(C)CCO2. The monoisotopic (exact) mass is 253 g/mol.